The first kappa shape index (κ1) is 15.1. The summed E-state index contributed by atoms with van der Waals surface area (Å²) in [6.07, 6.45) is 1.08. The van der Waals surface area contributed by atoms with Crippen LogP contribution in [-0.2, 0) is 11.5 Å². The summed E-state index contributed by atoms with van der Waals surface area (Å²) < 4.78 is 0.919. The van der Waals surface area contributed by atoms with E-state index in [0.717, 1.165) is 51.8 Å². The summed E-state index contributed by atoms with van der Waals surface area (Å²) in [6.45, 7) is 3.08. The van der Waals surface area contributed by atoms with E-state index < -0.39 is 0 Å². The van der Waals surface area contributed by atoms with Crippen molar-refractivity contribution in [3.63, 3.8) is 0 Å². The Kier molecular flexibility index (Phi) is 4.72. The van der Waals surface area contributed by atoms with Gasteiger partial charge < -0.3 is 5.32 Å². The van der Waals surface area contributed by atoms with Crippen LogP contribution in [-0.4, -0.2) is 16.5 Å². The normalized spacial score (nSPS) is 13.3. The molecule has 0 aliphatic carbocycles. The van der Waals surface area contributed by atoms with E-state index >= 15 is 0 Å². The number of nitrogens with zero attached hydrogens (tertiary/aromatic N) is 2. The summed E-state index contributed by atoms with van der Waals surface area (Å²) >= 11 is 11.4. The van der Waals surface area contributed by atoms with Gasteiger partial charge in [-0.15, -0.1) is 0 Å². The SMILES string of the molecule is CCCNc1nc(-c2ccc(Cl)cc2Br)nc2c1CSC2. The summed E-state index contributed by atoms with van der Waals surface area (Å²) in [6, 6.07) is 5.70. The molecule has 0 bridgehead atoms. The summed E-state index contributed by atoms with van der Waals surface area (Å²) in [7, 11) is 0. The van der Waals surface area contributed by atoms with Gasteiger partial charge in [-0.2, -0.15) is 11.8 Å². The van der Waals surface area contributed by atoms with Gasteiger partial charge in [-0.05, 0) is 40.5 Å². The third-order valence-electron chi connectivity index (χ3n) is 3.29. The van der Waals surface area contributed by atoms with Crippen molar-refractivity contribution in [3.05, 3.63) is 39.0 Å². The lowest BCUT2D eigenvalue weighted by Crippen LogP contribution is -2.08. The molecule has 21 heavy (non-hydrogen) atoms. The number of rotatable bonds is 4. The Balaban J connectivity index is 2.06. The minimum absolute atomic E-state index is 0.701. The number of aromatic nitrogens is 2. The zero-order valence-corrected chi connectivity index (χ0v) is 14.8. The first-order chi connectivity index (χ1) is 10.2. The molecule has 3 rings (SSSR count). The van der Waals surface area contributed by atoms with Gasteiger partial charge in [0.05, 0.1) is 5.69 Å². The molecule has 110 valence electrons. The molecule has 2 heterocycles. The summed E-state index contributed by atoms with van der Waals surface area (Å²) in [4.78, 5) is 9.47. The number of hydrogen-bond acceptors (Lipinski definition) is 4. The Labute approximate surface area is 142 Å². The molecule has 1 aromatic heterocycles. The second-order valence-corrected chi connectivity index (χ2v) is 7.14. The number of anilines is 1. The fourth-order valence-corrected chi connectivity index (χ4v) is 4.13. The average Bonchev–Trinajstić information content (AvgIpc) is 2.93. The molecular weight excluding hydrogens is 370 g/mol. The topological polar surface area (TPSA) is 37.8 Å². The molecule has 2 aromatic rings. The monoisotopic (exact) mass is 383 g/mol. The molecule has 0 saturated carbocycles. The lowest BCUT2D eigenvalue weighted by Gasteiger charge is -2.12. The number of hydrogen-bond donors (Lipinski definition) is 1. The van der Waals surface area contributed by atoms with E-state index in [1.54, 1.807) is 0 Å². The first-order valence-electron chi connectivity index (χ1n) is 6.86. The second-order valence-electron chi connectivity index (χ2n) is 4.86. The van der Waals surface area contributed by atoms with Gasteiger partial charge in [-0.3, -0.25) is 0 Å². The van der Waals surface area contributed by atoms with E-state index in [9.17, 15) is 0 Å². The minimum Gasteiger partial charge on any atom is -0.370 e. The largest absolute Gasteiger partial charge is 0.370 e. The zero-order chi connectivity index (χ0) is 14.8. The highest BCUT2D eigenvalue weighted by atomic mass is 79.9. The molecule has 0 amide bonds. The van der Waals surface area contributed by atoms with Crippen LogP contribution in [0.25, 0.3) is 11.4 Å². The van der Waals surface area contributed by atoms with E-state index in [0.29, 0.717) is 5.02 Å². The highest BCUT2D eigenvalue weighted by Gasteiger charge is 2.20. The smallest absolute Gasteiger partial charge is 0.162 e. The second kappa shape index (κ2) is 6.55. The predicted molar refractivity (Wildman–Crippen MR) is 94.0 cm³/mol. The van der Waals surface area contributed by atoms with Crippen LogP contribution in [0.15, 0.2) is 22.7 Å². The number of halogens is 2. The van der Waals surface area contributed by atoms with E-state index in [4.69, 9.17) is 21.6 Å². The molecule has 1 aliphatic heterocycles. The van der Waals surface area contributed by atoms with Crippen molar-refractivity contribution in [2.24, 2.45) is 0 Å². The predicted octanol–water partition coefficient (Wildman–Crippen LogP) is 5.13. The average molecular weight is 385 g/mol. The van der Waals surface area contributed by atoms with Gasteiger partial charge in [-0.25, -0.2) is 9.97 Å². The highest BCUT2D eigenvalue weighted by Crippen LogP contribution is 2.36. The van der Waals surface area contributed by atoms with E-state index in [-0.39, 0.29) is 0 Å². The quantitative estimate of drug-likeness (QED) is 0.793. The third kappa shape index (κ3) is 3.20. The van der Waals surface area contributed by atoms with Crippen molar-refractivity contribution in [1.82, 2.24) is 9.97 Å². The van der Waals surface area contributed by atoms with Gasteiger partial charge >= 0.3 is 0 Å². The van der Waals surface area contributed by atoms with E-state index in [1.165, 1.54) is 5.56 Å². The molecule has 0 fully saturated rings. The Morgan fingerprint density at radius 2 is 2.19 bits per heavy atom. The number of thioether (sulfide) groups is 1. The molecule has 0 atom stereocenters. The number of nitrogens with one attached hydrogen (secondary N) is 1. The molecule has 3 nitrogen and oxygen atoms in total. The number of benzene rings is 1. The summed E-state index contributed by atoms with van der Waals surface area (Å²) in [5.41, 5.74) is 3.37. The van der Waals surface area contributed by atoms with E-state index in [1.807, 2.05) is 30.0 Å². The fourth-order valence-electron chi connectivity index (χ4n) is 2.23. The van der Waals surface area contributed by atoms with E-state index in [2.05, 4.69) is 28.2 Å². The minimum atomic E-state index is 0.701. The van der Waals surface area contributed by atoms with Crippen molar-refractivity contribution in [3.8, 4) is 11.4 Å². The van der Waals surface area contributed by atoms with Crippen molar-refractivity contribution >= 4 is 45.1 Å². The molecule has 0 radical (unpaired) electrons. The Hall–Kier alpha value is -0.780. The highest BCUT2D eigenvalue weighted by molar-refractivity contribution is 9.10. The van der Waals surface area contributed by atoms with Crippen LogP contribution in [0.4, 0.5) is 5.82 Å². The maximum Gasteiger partial charge on any atom is 0.162 e. The van der Waals surface area contributed by atoms with Crippen molar-refractivity contribution < 1.29 is 0 Å². The molecular formula is C15H15BrClN3S. The van der Waals surface area contributed by atoms with Gasteiger partial charge in [0.15, 0.2) is 5.82 Å². The first-order valence-corrected chi connectivity index (χ1v) is 9.18. The molecule has 1 N–H and O–H groups in total. The van der Waals surface area contributed by atoms with Crippen LogP contribution in [0.2, 0.25) is 5.02 Å². The zero-order valence-electron chi connectivity index (χ0n) is 11.6. The van der Waals surface area contributed by atoms with Crippen molar-refractivity contribution in [2.45, 2.75) is 24.9 Å². The van der Waals surface area contributed by atoms with Gasteiger partial charge in [0.2, 0.25) is 0 Å². The molecule has 1 aliphatic rings. The standard InChI is InChI=1S/C15H15BrClN3S/c1-2-5-18-14-11-7-21-8-13(11)19-15(20-14)10-4-3-9(17)6-12(10)16/h3-4,6H,2,5,7-8H2,1H3,(H,18,19,20). The van der Waals surface area contributed by atoms with Crippen molar-refractivity contribution in [1.29, 1.82) is 0 Å². The fraction of sp³-hybridized carbons (Fsp3) is 0.333. The molecule has 6 heteroatoms. The van der Waals surface area contributed by atoms with Crippen molar-refractivity contribution in [2.75, 3.05) is 11.9 Å². The summed E-state index contributed by atoms with van der Waals surface area (Å²) in [5.74, 6) is 3.67. The van der Waals surface area contributed by atoms with Crippen LogP contribution in [0.5, 0.6) is 0 Å². The lowest BCUT2D eigenvalue weighted by atomic mass is 10.2. The lowest BCUT2D eigenvalue weighted by molar-refractivity contribution is 0.955. The van der Waals surface area contributed by atoms with Crippen LogP contribution < -0.4 is 5.32 Å². The molecule has 1 aromatic carbocycles. The maximum atomic E-state index is 6.01. The Morgan fingerprint density at radius 3 is 2.95 bits per heavy atom. The van der Waals surface area contributed by atoms with Gasteiger partial charge in [0.1, 0.15) is 5.82 Å². The van der Waals surface area contributed by atoms with Gasteiger partial charge in [0, 0.05) is 38.7 Å². The third-order valence-corrected chi connectivity index (χ3v) is 5.15. The summed E-state index contributed by atoms with van der Waals surface area (Å²) in [5, 5.41) is 4.13. The molecule has 0 unspecified atom stereocenters. The van der Waals surface area contributed by atoms with Crippen LogP contribution in [0, 0.1) is 0 Å². The Bertz CT molecular complexity index is 678. The number of fused-ring (bicyclic) bond motifs is 1. The maximum absolute atomic E-state index is 6.01. The van der Waals surface area contributed by atoms with Gasteiger partial charge in [0.25, 0.3) is 0 Å². The molecule has 0 spiro atoms. The molecule has 0 saturated heterocycles. The van der Waals surface area contributed by atoms with Crippen LogP contribution in [0.3, 0.4) is 0 Å². The van der Waals surface area contributed by atoms with Crippen LogP contribution in [0.1, 0.15) is 24.6 Å². The van der Waals surface area contributed by atoms with Crippen LogP contribution >= 0.6 is 39.3 Å². The van der Waals surface area contributed by atoms with Gasteiger partial charge in [-0.1, -0.05) is 18.5 Å². The Morgan fingerprint density at radius 1 is 1.33 bits per heavy atom.